The molecule has 3 atom stereocenters. The highest BCUT2D eigenvalue weighted by atomic mass is 31.2. The van der Waals surface area contributed by atoms with Gasteiger partial charge in [0.15, 0.2) is 0 Å². The number of hydrogen-bond acceptors (Lipinski definition) is 8. The van der Waals surface area contributed by atoms with Crippen LogP contribution < -0.4 is 0 Å². The first-order valence-corrected chi connectivity index (χ1v) is 21.6. The summed E-state index contributed by atoms with van der Waals surface area (Å²) in [6, 6.07) is 0. The average Bonchev–Trinajstić information content (AvgIpc) is 3.15. The van der Waals surface area contributed by atoms with E-state index in [1.165, 1.54) is 25.7 Å². The van der Waals surface area contributed by atoms with Crippen molar-refractivity contribution in [3.63, 3.8) is 0 Å². The normalized spacial score (nSPS) is 15.0. The Hall–Kier alpha value is -2.36. The van der Waals surface area contributed by atoms with Crippen LogP contribution in [0.5, 0.6) is 0 Å². The zero-order valence-electron chi connectivity index (χ0n) is 32.9. The molecular formula is C43H73O9P. The van der Waals surface area contributed by atoms with Crippen molar-refractivity contribution < 1.29 is 43.0 Å². The zero-order valence-corrected chi connectivity index (χ0v) is 33.8. The van der Waals surface area contributed by atoms with E-state index in [1.807, 2.05) is 0 Å². The fraction of sp³-hybridized carbons (Fsp3) is 0.651. The summed E-state index contributed by atoms with van der Waals surface area (Å²) in [6.07, 6.45) is 47.1. The standard InChI is InChI=1S/C43H73O9P/c1-3-5-7-9-11-13-14-15-16-17-18-19-20-21-22-23-24-25-26-27-28-30-32-34-36-49-39-42(40-51-53(47,48)50-38-41(45)37-44)52-43(46)35-33-31-29-12-10-8-6-4-2/h5,7,11,13,15-16,18-19,21-22,24-25,27-28,41-42,44-45H,3-4,6,8-10,12,14,17,20,23,26,29-40H2,1-2H3,(H,47,48)/b7-5-,13-11-,16-15-,19-18-,22-21-,25-24-,28-27-. The van der Waals surface area contributed by atoms with Crippen LogP contribution in [0.1, 0.15) is 136 Å². The minimum atomic E-state index is -4.52. The maximum Gasteiger partial charge on any atom is 0.472 e. The van der Waals surface area contributed by atoms with Crippen molar-refractivity contribution in [3.05, 3.63) is 85.1 Å². The molecule has 0 heterocycles. The van der Waals surface area contributed by atoms with Crippen molar-refractivity contribution >= 4 is 13.8 Å². The van der Waals surface area contributed by atoms with E-state index in [9.17, 15) is 19.4 Å². The van der Waals surface area contributed by atoms with Gasteiger partial charge in [-0.2, -0.15) is 0 Å². The van der Waals surface area contributed by atoms with Crippen LogP contribution in [0.3, 0.4) is 0 Å². The summed E-state index contributed by atoms with van der Waals surface area (Å²) in [5.41, 5.74) is 0. The molecule has 0 fully saturated rings. The number of esters is 1. The quantitative estimate of drug-likeness (QED) is 0.0245. The lowest BCUT2D eigenvalue weighted by Crippen LogP contribution is -2.29. The number of aliphatic hydroxyl groups excluding tert-OH is 2. The van der Waals surface area contributed by atoms with E-state index in [1.54, 1.807) is 0 Å². The molecule has 0 amide bonds. The minimum absolute atomic E-state index is 0.0148. The Morgan fingerprint density at radius 2 is 1.08 bits per heavy atom. The summed E-state index contributed by atoms with van der Waals surface area (Å²) in [7, 11) is -4.52. The van der Waals surface area contributed by atoms with E-state index >= 15 is 0 Å². The van der Waals surface area contributed by atoms with E-state index in [2.05, 4.69) is 98.9 Å². The number of ether oxygens (including phenoxy) is 2. The Labute approximate surface area is 322 Å². The lowest BCUT2D eigenvalue weighted by molar-refractivity contribution is -0.154. The molecule has 0 aromatic heterocycles. The van der Waals surface area contributed by atoms with E-state index in [4.69, 9.17) is 23.6 Å². The highest BCUT2D eigenvalue weighted by Gasteiger charge is 2.26. The van der Waals surface area contributed by atoms with Gasteiger partial charge < -0.3 is 24.6 Å². The number of hydrogen-bond donors (Lipinski definition) is 3. The number of aliphatic hydroxyl groups is 2. The van der Waals surface area contributed by atoms with Gasteiger partial charge in [0.2, 0.25) is 0 Å². The predicted octanol–water partition coefficient (Wildman–Crippen LogP) is 10.7. The minimum Gasteiger partial charge on any atom is -0.457 e. The average molecular weight is 765 g/mol. The molecule has 0 aromatic carbocycles. The summed E-state index contributed by atoms with van der Waals surface area (Å²) in [6.45, 7) is 3.22. The number of rotatable bonds is 37. The topological polar surface area (TPSA) is 132 Å². The number of phosphoric acid groups is 1. The number of allylic oxidation sites excluding steroid dienone is 14. The first kappa shape index (κ1) is 50.6. The molecule has 0 aliphatic heterocycles. The maximum absolute atomic E-state index is 12.5. The highest BCUT2D eigenvalue weighted by molar-refractivity contribution is 7.47. The Morgan fingerprint density at radius 1 is 0.604 bits per heavy atom. The molecule has 0 saturated carbocycles. The number of phosphoric ester groups is 1. The second-order valence-electron chi connectivity index (χ2n) is 12.9. The van der Waals surface area contributed by atoms with Gasteiger partial charge in [-0.25, -0.2) is 4.57 Å². The van der Waals surface area contributed by atoms with E-state index < -0.39 is 45.8 Å². The first-order valence-electron chi connectivity index (χ1n) is 20.1. The monoisotopic (exact) mass is 764 g/mol. The molecule has 0 aliphatic carbocycles. The number of unbranched alkanes of at least 4 members (excludes halogenated alkanes) is 9. The predicted molar refractivity (Wildman–Crippen MR) is 219 cm³/mol. The molecule has 304 valence electrons. The third kappa shape index (κ3) is 39.2. The Balaban J connectivity index is 4.22. The molecular weight excluding hydrogens is 691 g/mol. The summed E-state index contributed by atoms with van der Waals surface area (Å²) in [5, 5.41) is 18.3. The van der Waals surface area contributed by atoms with Crippen molar-refractivity contribution in [3.8, 4) is 0 Å². The Morgan fingerprint density at radius 3 is 1.58 bits per heavy atom. The smallest absolute Gasteiger partial charge is 0.457 e. The van der Waals surface area contributed by atoms with Crippen LogP contribution in [0.25, 0.3) is 0 Å². The Kier molecular flexibility index (Phi) is 37.6. The highest BCUT2D eigenvalue weighted by Crippen LogP contribution is 2.43. The fourth-order valence-corrected chi connectivity index (χ4v) is 5.59. The summed E-state index contributed by atoms with van der Waals surface area (Å²) < 4.78 is 33.1. The zero-order chi connectivity index (χ0) is 38.9. The largest absolute Gasteiger partial charge is 0.472 e. The van der Waals surface area contributed by atoms with Crippen molar-refractivity contribution in [2.24, 2.45) is 0 Å². The molecule has 0 radical (unpaired) electrons. The van der Waals surface area contributed by atoms with Gasteiger partial charge in [0.25, 0.3) is 0 Å². The van der Waals surface area contributed by atoms with Crippen molar-refractivity contribution in [2.75, 3.05) is 33.0 Å². The molecule has 3 N–H and O–H groups in total. The van der Waals surface area contributed by atoms with Gasteiger partial charge in [-0.05, 0) is 70.6 Å². The third-order valence-electron chi connectivity index (χ3n) is 7.85. The summed E-state index contributed by atoms with van der Waals surface area (Å²) in [4.78, 5) is 22.4. The number of carbonyl (C=O) groups is 1. The summed E-state index contributed by atoms with van der Waals surface area (Å²) >= 11 is 0. The molecule has 53 heavy (non-hydrogen) atoms. The van der Waals surface area contributed by atoms with Gasteiger partial charge in [0.05, 0.1) is 26.4 Å². The van der Waals surface area contributed by atoms with Crippen LogP contribution in [0.4, 0.5) is 0 Å². The lowest BCUT2D eigenvalue weighted by atomic mass is 10.1. The van der Waals surface area contributed by atoms with E-state index in [0.29, 0.717) is 6.61 Å². The van der Waals surface area contributed by atoms with Crippen molar-refractivity contribution in [1.82, 2.24) is 0 Å². The molecule has 0 aliphatic rings. The molecule has 10 heteroatoms. The van der Waals surface area contributed by atoms with Crippen molar-refractivity contribution in [1.29, 1.82) is 0 Å². The van der Waals surface area contributed by atoms with Crippen LogP contribution in [0.15, 0.2) is 85.1 Å². The van der Waals surface area contributed by atoms with Crippen LogP contribution in [0.2, 0.25) is 0 Å². The first-order chi connectivity index (χ1) is 25.8. The maximum atomic E-state index is 12.5. The Bertz CT molecular complexity index is 1090. The van der Waals surface area contributed by atoms with Gasteiger partial charge in [0.1, 0.15) is 12.2 Å². The van der Waals surface area contributed by atoms with Gasteiger partial charge in [-0.1, -0.05) is 144 Å². The molecule has 0 spiro atoms. The molecule has 0 bridgehead atoms. The molecule has 0 aromatic rings. The van der Waals surface area contributed by atoms with Crippen LogP contribution in [-0.4, -0.2) is 66.3 Å². The van der Waals surface area contributed by atoms with Crippen molar-refractivity contribution in [2.45, 2.75) is 148 Å². The second kappa shape index (κ2) is 39.3. The van der Waals surface area contributed by atoms with E-state index in [-0.39, 0.29) is 13.0 Å². The second-order valence-corrected chi connectivity index (χ2v) is 14.4. The van der Waals surface area contributed by atoms with Crippen LogP contribution in [0, 0.1) is 0 Å². The third-order valence-corrected chi connectivity index (χ3v) is 8.80. The SMILES string of the molecule is CC/C=C\C/C=C\C/C=C\C/C=C\C/C=C\C/C=C\C/C=C\CCCCOCC(COP(=O)(O)OCC(O)CO)OC(=O)CCCCCCCCCC. The molecule has 9 nitrogen and oxygen atoms in total. The molecule has 3 unspecified atom stereocenters. The van der Waals surface area contributed by atoms with Crippen LogP contribution in [-0.2, 0) is 27.9 Å². The van der Waals surface area contributed by atoms with Gasteiger partial charge >= 0.3 is 13.8 Å². The molecule has 0 rings (SSSR count). The summed E-state index contributed by atoms with van der Waals surface area (Å²) in [5.74, 6) is -0.408. The van der Waals surface area contributed by atoms with Gasteiger partial charge in [-0.15, -0.1) is 0 Å². The van der Waals surface area contributed by atoms with E-state index in [0.717, 1.165) is 89.9 Å². The lowest BCUT2D eigenvalue weighted by Gasteiger charge is -2.20. The van der Waals surface area contributed by atoms with Gasteiger partial charge in [0, 0.05) is 13.0 Å². The molecule has 0 saturated heterocycles. The number of carbonyl (C=O) groups excluding carboxylic acids is 1. The fourth-order valence-electron chi connectivity index (χ4n) is 4.80. The van der Waals surface area contributed by atoms with Crippen LogP contribution >= 0.6 is 7.82 Å². The van der Waals surface area contributed by atoms with Gasteiger partial charge in [-0.3, -0.25) is 13.8 Å².